The summed E-state index contributed by atoms with van der Waals surface area (Å²) in [5.41, 5.74) is 9.30. The Balaban J connectivity index is 2.24. The molecule has 1 aliphatic rings. The van der Waals surface area contributed by atoms with Crippen LogP contribution >= 0.6 is 0 Å². The number of rotatable bonds is 4. The largest absolute Gasteiger partial charge is 0.366 e. The molecule has 0 atom stereocenters. The minimum Gasteiger partial charge on any atom is -0.366 e. The van der Waals surface area contributed by atoms with Gasteiger partial charge in [-0.2, -0.15) is 0 Å². The molecule has 5 heteroatoms. The smallest absolute Gasteiger partial charge is 0.266 e. The van der Waals surface area contributed by atoms with Gasteiger partial charge in [-0.3, -0.25) is 14.4 Å². The van der Waals surface area contributed by atoms with Crippen LogP contribution in [-0.4, -0.2) is 17.7 Å². The van der Waals surface area contributed by atoms with E-state index in [0.717, 1.165) is 29.5 Å². The molecule has 0 aromatic heterocycles. The van der Waals surface area contributed by atoms with Gasteiger partial charge in [-0.05, 0) is 49.1 Å². The number of aryl methyl sites for hydroxylation is 2. The van der Waals surface area contributed by atoms with Crippen molar-refractivity contribution in [3.63, 3.8) is 0 Å². The molecule has 0 fully saturated rings. The fourth-order valence-electron chi connectivity index (χ4n) is 3.43. The lowest BCUT2D eigenvalue weighted by Crippen LogP contribution is -2.32. The third-order valence-corrected chi connectivity index (χ3v) is 4.62. The van der Waals surface area contributed by atoms with Gasteiger partial charge in [-0.15, -0.1) is 0 Å². The highest BCUT2D eigenvalue weighted by Gasteiger charge is 2.40. The van der Waals surface area contributed by atoms with Crippen LogP contribution in [0.3, 0.4) is 0 Å². The van der Waals surface area contributed by atoms with Crippen molar-refractivity contribution in [1.29, 1.82) is 0 Å². The van der Waals surface area contributed by atoms with E-state index in [0.29, 0.717) is 5.69 Å². The van der Waals surface area contributed by atoms with E-state index in [4.69, 9.17) is 5.73 Å². The zero-order valence-electron chi connectivity index (χ0n) is 14.6. The lowest BCUT2D eigenvalue weighted by molar-refractivity contribution is 0.0918. The highest BCUT2D eigenvalue weighted by Crippen LogP contribution is 2.36. The first-order valence-electron chi connectivity index (χ1n) is 8.29. The average molecular weight is 336 g/mol. The van der Waals surface area contributed by atoms with Gasteiger partial charge in [0.05, 0.1) is 22.4 Å². The Bertz CT molecular complexity index is 915. The van der Waals surface area contributed by atoms with Crippen LogP contribution in [-0.2, 0) is 6.42 Å². The maximum atomic E-state index is 13.1. The van der Waals surface area contributed by atoms with Gasteiger partial charge in [-0.25, -0.2) is 4.90 Å². The summed E-state index contributed by atoms with van der Waals surface area (Å²) < 4.78 is 0. The number of nitrogens with two attached hydrogens (primary N) is 1. The third kappa shape index (κ3) is 2.52. The monoisotopic (exact) mass is 336 g/mol. The second-order valence-electron chi connectivity index (χ2n) is 6.31. The summed E-state index contributed by atoms with van der Waals surface area (Å²) in [6, 6.07) is 8.52. The molecule has 128 valence electrons. The van der Waals surface area contributed by atoms with E-state index in [1.165, 1.54) is 11.0 Å². The summed E-state index contributed by atoms with van der Waals surface area (Å²) in [6.45, 7) is 5.91. The van der Waals surface area contributed by atoms with Crippen molar-refractivity contribution < 1.29 is 14.4 Å². The maximum Gasteiger partial charge on any atom is 0.266 e. The molecule has 2 aromatic rings. The number of amides is 3. The molecule has 0 radical (unpaired) electrons. The van der Waals surface area contributed by atoms with Crippen molar-refractivity contribution in [3.05, 3.63) is 63.7 Å². The number of carbonyl (C=O) groups excluding carboxylic acids is 3. The first-order valence-corrected chi connectivity index (χ1v) is 8.29. The SMILES string of the molecule is CCCc1c(C)ccc(C)c1N1C(=O)c2cccc(C(N)=O)c2C1=O. The Morgan fingerprint density at radius 3 is 2.36 bits per heavy atom. The number of nitrogens with zero attached hydrogens (tertiary/aromatic N) is 1. The Morgan fingerprint density at radius 2 is 1.72 bits per heavy atom. The number of benzene rings is 2. The summed E-state index contributed by atoms with van der Waals surface area (Å²) in [5, 5.41) is 0. The molecule has 1 heterocycles. The van der Waals surface area contributed by atoms with E-state index in [9.17, 15) is 14.4 Å². The number of fused-ring (bicyclic) bond motifs is 1. The summed E-state index contributed by atoms with van der Waals surface area (Å²) in [4.78, 5) is 38.9. The Hall–Kier alpha value is -2.95. The molecule has 0 aliphatic carbocycles. The van der Waals surface area contributed by atoms with Gasteiger partial charge in [0.15, 0.2) is 0 Å². The van der Waals surface area contributed by atoms with Crippen molar-refractivity contribution in [1.82, 2.24) is 0 Å². The van der Waals surface area contributed by atoms with Crippen LogP contribution in [0.1, 0.15) is 61.1 Å². The summed E-state index contributed by atoms with van der Waals surface area (Å²) in [7, 11) is 0. The van der Waals surface area contributed by atoms with Crippen molar-refractivity contribution in [2.24, 2.45) is 5.73 Å². The van der Waals surface area contributed by atoms with Crippen LogP contribution in [0.15, 0.2) is 30.3 Å². The van der Waals surface area contributed by atoms with E-state index >= 15 is 0 Å². The number of imide groups is 1. The van der Waals surface area contributed by atoms with Crippen LogP contribution in [0.4, 0.5) is 5.69 Å². The van der Waals surface area contributed by atoms with Crippen LogP contribution in [0.5, 0.6) is 0 Å². The Morgan fingerprint density at radius 1 is 1.04 bits per heavy atom. The van der Waals surface area contributed by atoms with Crippen molar-refractivity contribution in [2.45, 2.75) is 33.6 Å². The summed E-state index contributed by atoms with van der Waals surface area (Å²) >= 11 is 0. The molecule has 2 N–H and O–H groups in total. The zero-order chi connectivity index (χ0) is 18.3. The van der Waals surface area contributed by atoms with Crippen molar-refractivity contribution >= 4 is 23.4 Å². The van der Waals surface area contributed by atoms with Gasteiger partial charge in [0.25, 0.3) is 11.8 Å². The lowest BCUT2D eigenvalue weighted by atomic mass is 9.97. The quantitative estimate of drug-likeness (QED) is 0.871. The van der Waals surface area contributed by atoms with E-state index in [1.807, 2.05) is 26.0 Å². The topological polar surface area (TPSA) is 80.5 Å². The van der Waals surface area contributed by atoms with Gasteiger partial charge in [0, 0.05) is 0 Å². The number of carbonyl (C=O) groups is 3. The molecule has 0 spiro atoms. The van der Waals surface area contributed by atoms with Crippen LogP contribution in [0, 0.1) is 13.8 Å². The number of anilines is 1. The number of primary amides is 1. The van der Waals surface area contributed by atoms with Crippen LogP contribution in [0.2, 0.25) is 0 Å². The highest BCUT2D eigenvalue weighted by atomic mass is 16.2. The molecule has 0 bridgehead atoms. The molecule has 1 aliphatic heterocycles. The second-order valence-corrected chi connectivity index (χ2v) is 6.31. The predicted octanol–water partition coefficient (Wildman–Crippen LogP) is 3.16. The molecule has 0 unspecified atom stereocenters. The fraction of sp³-hybridized carbons (Fsp3) is 0.250. The number of hydrogen-bond acceptors (Lipinski definition) is 3. The standard InChI is InChI=1S/C20H20N2O3/c1-4-6-13-11(2)9-10-12(3)17(13)22-19(24)15-8-5-7-14(18(21)23)16(15)20(22)25/h5,7-10H,4,6H2,1-3H3,(H2,21,23). The van der Waals surface area contributed by atoms with Gasteiger partial charge in [0.1, 0.15) is 0 Å². The molecule has 3 amide bonds. The maximum absolute atomic E-state index is 13.1. The zero-order valence-corrected chi connectivity index (χ0v) is 14.6. The molecule has 0 saturated heterocycles. The third-order valence-electron chi connectivity index (χ3n) is 4.62. The summed E-state index contributed by atoms with van der Waals surface area (Å²) in [5.74, 6) is -1.61. The van der Waals surface area contributed by atoms with Crippen LogP contribution in [0.25, 0.3) is 0 Å². The van der Waals surface area contributed by atoms with Gasteiger partial charge in [-0.1, -0.05) is 31.5 Å². The average Bonchev–Trinajstić information content (AvgIpc) is 2.83. The highest BCUT2D eigenvalue weighted by molar-refractivity contribution is 6.36. The minimum absolute atomic E-state index is 0.0840. The predicted molar refractivity (Wildman–Crippen MR) is 96.0 cm³/mol. The second kappa shape index (κ2) is 6.16. The Kier molecular flexibility index (Phi) is 4.17. The van der Waals surface area contributed by atoms with Crippen molar-refractivity contribution in [3.8, 4) is 0 Å². The first kappa shape index (κ1) is 16.9. The number of hydrogen-bond donors (Lipinski definition) is 1. The van der Waals surface area contributed by atoms with Gasteiger partial charge < -0.3 is 5.73 Å². The van der Waals surface area contributed by atoms with E-state index in [1.54, 1.807) is 12.1 Å². The van der Waals surface area contributed by atoms with E-state index < -0.39 is 17.7 Å². The molecule has 5 nitrogen and oxygen atoms in total. The Labute approximate surface area is 146 Å². The molecular formula is C20H20N2O3. The molecule has 25 heavy (non-hydrogen) atoms. The van der Waals surface area contributed by atoms with E-state index in [2.05, 4.69) is 6.92 Å². The molecule has 0 saturated carbocycles. The van der Waals surface area contributed by atoms with Crippen molar-refractivity contribution in [2.75, 3.05) is 4.90 Å². The van der Waals surface area contributed by atoms with E-state index in [-0.39, 0.29) is 16.7 Å². The molecule has 2 aromatic carbocycles. The normalized spacial score (nSPS) is 13.3. The lowest BCUT2D eigenvalue weighted by Gasteiger charge is -2.22. The molecule has 3 rings (SSSR count). The van der Waals surface area contributed by atoms with Gasteiger partial charge >= 0.3 is 0 Å². The fourth-order valence-corrected chi connectivity index (χ4v) is 3.43. The van der Waals surface area contributed by atoms with Crippen LogP contribution < -0.4 is 10.6 Å². The summed E-state index contributed by atoms with van der Waals surface area (Å²) in [6.07, 6.45) is 1.66. The first-order chi connectivity index (χ1) is 11.9. The van der Waals surface area contributed by atoms with Gasteiger partial charge in [0.2, 0.25) is 5.91 Å². The molecular weight excluding hydrogens is 316 g/mol. The minimum atomic E-state index is -0.713.